The average molecular weight is 317 g/mol. The summed E-state index contributed by atoms with van der Waals surface area (Å²) in [6.07, 6.45) is -0.470. The molecule has 0 spiro atoms. The molecule has 0 saturated carbocycles. The zero-order chi connectivity index (χ0) is 17.5. The predicted molar refractivity (Wildman–Crippen MR) is 86.9 cm³/mol. The summed E-state index contributed by atoms with van der Waals surface area (Å²) >= 11 is 0. The van der Waals surface area contributed by atoms with Gasteiger partial charge in [0.05, 0.1) is 11.6 Å². The molecule has 6 heteroatoms. The molecule has 2 N–H and O–H groups in total. The number of carbonyl (C=O) groups is 2. The molecule has 1 aromatic rings. The molecular formula is C17H23N3O3. The topological polar surface area (TPSA) is 91.2 Å². The number of ether oxygens (including phenoxy) is 1. The lowest BCUT2D eigenvalue weighted by atomic mass is 10.1. The Bertz CT molecular complexity index is 583. The Hall–Kier alpha value is -2.55. The van der Waals surface area contributed by atoms with E-state index in [4.69, 9.17) is 10.00 Å². The van der Waals surface area contributed by atoms with Crippen LogP contribution < -0.4 is 10.6 Å². The van der Waals surface area contributed by atoms with Crippen molar-refractivity contribution >= 4 is 12.0 Å². The van der Waals surface area contributed by atoms with Gasteiger partial charge in [-0.2, -0.15) is 5.26 Å². The van der Waals surface area contributed by atoms with Crippen LogP contribution in [0.5, 0.6) is 0 Å². The van der Waals surface area contributed by atoms with Gasteiger partial charge in [0.1, 0.15) is 5.60 Å². The van der Waals surface area contributed by atoms with E-state index in [1.807, 2.05) is 13.0 Å². The maximum atomic E-state index is 12.0. The standard InChI is InChI=1S/C17H23N3O3/c1-12(11-20-16(22)23-17(2,3)4)10-19-15(21)14-7-5-13(9-18)6-8-14/h5-8,12H,10-11H2,1-4H3,(H,19,21)(H,20,22)/t12-/m0/s1. The van der Waals surface area contributed by atoms with Crippen molar-refractivity contribution in [3.05, 3.63) is 35.4 Å². The Kier molecular flexibility index (Phi) is 6.58. The molecule has 1 rings (SSSR count). The van der Waals surface area contributed by atoms with Gasteiger partial charge in [0, 0.05) is 18.7 Å². The highest BCUT2D eigenvalue weighted by atomic mass is 16.6. The third kappa shape index (κ3) is 7.32. The van der Waals surface area contributed by atoms with Crippen molar-refractivity contribution in [3.8, 4) is 6.07 Å². The van der Waals surface area contributed by atoms with Gasteiger partial charge in [-0.3, -0.25) is 4.79 Å². The molecule has 1 atom stereocenters. The fourth-order valence-electron chi connectivity index (χ4n) is 1.71. The second kappa shape index (κ2) is 8.18. The van der Waals surface area contributed by atoms with E-state index >= 15 is 0 Å². The number of amides is 2. The van der Waals surface area contributed by atoms with Gasteiger partial charge in [-0.15, -0.1) is 0 Å². The molecule has 0 bridgehead atoms. The largest absolute Gasteiger partial charge is 0.444 e. The van der Waals surface area contributed by atoms with Crippen molar-refractivity contribution in [2.75, 3.05) is 13.1 Å². The molecule has 1 aromatic carbocycles. The summed E-state index contributed by atoms with van der Waals surface area (Å²) in [5, 5.41) is 14.2. The number of hydrogen-bond acceptors (Lipinski definition) is 4. The van der Waals surface area contributed by atoms with Crippen LogP contribution in [0.1, 0.15) is 43.6 Å². The SMILES string of the molecule is C[C@H](CNC(=O)OC(C)(C)C)CNC(=O)c1ccc(C#N)cc1. The first kappa shape index (κ1) is 18.5. The lowest BCUT2D eigenvalue weighted by Gasteiger charge is -2.21. The summed E-state index contributed by atoms with van der Waals surface area (Å²) in [4.78, 5) is 23.5. The molecule has 0 aliphatic heterocycles. The lowest BCUT2D eigenvalue weighted by Crippen LogP contribution is -2.38. The fraction of sp³-hybridized carbons (Fsp3) is 0.471. The molecule has 0 aliphatic rings. The zero-order valence-corrected chi connectivity index (χ0v) is 14.0. The monoisotopic (exact) mass is 317 g/mol. The van der Waals surface area contributed by atoms with Crippen LogP contribution in [0.2, 0.25) is 0 Å². The Morgan fingerprint density at radius 1 is 1.17 bits per heavy atom. The summed E-state index contributed by atoms with van der Waals surface area (Å²) in [5.74, 6) is -0.150. The van der Waals surface area contributed by atoms with Crippen LogP contribution in [0.4, 0.5) is 4.79 Å². The molecule has 0 fully saturated rings. The van der Waals surface area contributed by atoms with E-state index in [1.54, 1.807) is 45.0 Å². The minimum absolute atomic E-state index is 0.0600. The van der Waals surface area contributed by atoms with Crippen molar-refractivity contribution in [1.82, 2.24) is 10.6 Å². The van der Waals surface area contributed by atoms with Crippen LogP contribution in [0.25, 0.3) is 0 Å². The van der Waals surface area contributed by atoms with Crippen LogP contribution in [0.15, 0.2) is 24.3 Å². The second-order valence-corrected chi connectivity index (χ2v) is 6.39. The molecule has 0 unspecified atom stereocenters. The van der Waals surface area contributed by atoms with Gasteiger partial charge < -0.3 is 15.4 Å². The van der Waals surface area contributed by atoms with Crippen molar-refractivity contribution in [2.45, 2.75) is 33.3 Å². The van der Waals surface area contributed by atoms with Gasteiger partial charge >= 0.3 is 6.09 Å². The summed E-state index contributed by atoms with van der Waals surface area (Å²) in [6, 6.07) is 8.42. The molecule has 6 nitrogen and oxygen atoms in total. The van der Waals surface area contributed by atoms with E-state index in [2.05, 4.69) is 10.6 Å². The van der Waals surface area contributed by atoms with Gasteiger partial charge in [0.2, 0.25) is 0 Å². The van der Waals surface area contributed by atoms with Crippen molar-refractivity contribution in [1.29, 1.82) is 5.26 Å². The first-order valence-electron chi connectivity index (χ1n) is 7.46. The highest BCUT2D eigenvalue weighted by molar-refractivity contribution is 5.94. The van der Waals surface area contributed by atoms with Gasteiger partial charge in [-0.25, -0.2) is 4.79 Å². The third-order valence-electron chi connectivity index (χ3n) is 2.88. The molecule has 0 saturated heterocycles. The number of alkyl carbamates (subject to hydrolysis) is 1. The number of nitrogens with one attached hydrogen (secondary N) is 2. The van der Waals surface area contributed by atoms with Gasteiger partial charge in [-0.1, -0.05) is 6.92 Å². The number of rotatable bonds is 5. The Labute approximate surface area is 136 Å². The average Bonchev–Trinajstić information content (AvgIpc) is 2.49. The van der Waals surface area contributed by atoms with Crippen LogP contribution in [-0.2, 0) is 4.74 Å². The first-order chi connectivity index (χ1) is 10.7. The molecule has 124 valence electrons. The quantitative estimate of drug-likeness (QED) is 0.872. The van der Waals surface area contributed by atoms with E-state index in [0.717, 1.165) is 0 Å². The molecule has 23 heavy (non-hydrogen) atoms. The summed E-state index contributed by atoms with van der Waals surface area (Å²) in [7, 11) is 0. The van der Waals surface area contributed by atoms with Crippen molar-refractivity contribution in [2.24, 2.45) is 5.92 Å². The number of nitriles is 1. The van der Waals surface area contributed by atoms with Crippen LogP contribution in [0.3, 0.4) is 0 Å². The van der Waals surface area contributed by atoms with E-state index in [1.165, 1.54) is 0 Å². The molecule has 0 aliphatic carbocycles. The maximum Gasteiger partial charge on any atom is 0.407 e. The molecular weight excluding hydrogens is 294 g/mol. The van der Waals surface area contributed by atoms with Crippen LogP contribution in [-0.4, -0.2) is 30.7 Å². The first-order valence-corrected chi connectivity index (χ1v) is 7.46. The third-order valence-corrected chi connectivity index (χ3v) is 2.88. The summed E-state index contributed by atoms with van der Waals surface area (Å²) in [6.45, 7) is 8.14. The Morgan fingerprint density at radius 2 is 1.74 bits per heavy atom. The fourth-order valence-corrected chi connectivity index (χ4v) is 1.71. The number of benzene rings is 1. The molecule has 0 aromatic heterocycles. The van der Waals surface area contributed by atoms with Gasteiger partial charge in [0.15, 0.2) is 0 Å². The molecule has 0 radical (unpaired) electrons. The van der Waals surface area contributed by atoms with E-state index in [0.29, 0.717) is 24.2 Å². The van der Waals surface area contributed by atoms with Crippen molar-refractivity contribution in [3.63, 3.8) is 0 Å². The van der Waals surface area contributed by atoms with E-state index < -0.39 is 11.7 Å². The van der Waals surface area contributed by atoms with Crippen molar-refractivity contribution < 1.29 is 14.3 Å². The normalized spacial score (nSPS) is 12.0. The predicted octanol–water partition coefficient (Wildman–Crippen LogP) is 2.45. The summed E-state index contributed by atoms with van der Waals surface area (Å²) in [5.41, 5.74) is 0.477. The lowest BCUT2D eigenvalue weighted by molar-refractivity contribution is 0.0520. The second-order valence-electron chi connectivity index (χ2n) is 6.39. The molecule has 0 heterocycles. The summed E-state index contributed by atoms with van der Waals surface area (Å²) < 4.78 is 5.14. The van der Waals surface area contributed by atoms with Gasteiger partial charge in [0.25, 0.3) is 5.91 Å². The van der Waals surface area contributed by atoms with E-state index in [9.17, 15) is 9.59 Å². The minimum atomic E-state index is -0.531. The number of carbonyl (C=O) groups excluding carboxylic acids is 2. The minimum Gasteiger partial charge on any atom is -0.444 e. The van der Waals surface area contributed by atoms with Crippen LogP contribution in [0, 0.1) is 17.2 Å². The maximum absolute atomic E-state index is 12.0. The van der Waals surface area contributed by atoms with Gasteiger partial charge in [-0.05, 0) is 51.0 Å². The van der Waals surface area contributed by atoms with E-state index in [-0.39, 0.29) is 11.8 Å². The van der Waals surface area contributed by atoms with Crippen LogP contribution >= 0.6 is 0 Å². The Balaban J connectivity index is 2.35. The zero-order valence-electron chi connectivity index (χ0n) is 14.0. The Morgan fingerprint density at radius 3 is 2.26 bits per heavy atom. The smallest absolute Gasteiger partial charge is 0.407 e. The number of hydrogen-bond donors (Lipinski definition) is 2. The number of nitrogens with zero attached hydrogens (tertiary/aromatic N) is 1. The highest BCUT2D eigenvalue weighted by Gasteiger charge is 2.16. The molecule has 2 amide bonds. The highest BCUT2D eigenvalue weighted by Crippen LogP contribution is 2.07.